The number of hydrogen-bond acceptors (Lipinski definition) is 2. The number of nitrogens with zero attached hydrogens (tertiary/aromatic N) is 1. The second-order valence-corrected chi connectivity index (χ2v) is 7.86. The van der Waals surface area contributed by atoms with Crippen LogP contribution in [-0.4, -0.2) is 29.8 Å². The van der Waals surface area contributed by atoms with Gasteiger partial charge in [-0.3, -0.25) is 4.79 Å². The van der Waals surface area contributed by atoms with E-state index in [0.29, 0.717) is 11.8 Å². The molecule has 1 amide bonds. The highest BCUT2D eigenvalue weighted by Crippen LogP contribution is 2.33. The molecule has 0 N–H and O–H groups in total. The van der Waals surface area contributed by atoms with Crippen molar-refractivity contribution in [2.45, 2.75) is 6.42 Å². The van der Waals surface area contributed by atoms with Crippen LogP contribution in [0.2, 0.25) is 0 Å². The van der Waals surface area contributed by atoms with E-state index in [-0.39, 0.29) is 5.91 Å². The van der Waals surface area contributed by atoms with Gasteiger partial charge >= 0.3 is 0 Å². The third-order valence-corrected chi connectivity index (χ3v) is 5.45. The molecule has 0 aliphatic carbocycles. The summed E-state index contributed by atoms with van der Waals surface area (Å²) < 4.78 is 1.86. The number of likely N-dealkylation sites (tertiary alicyclic amines) is 1. The third-order valence-electron chi connectivity index (χ3n) is 2.68. The van der Waals surface area contributed by atoms with E-state index in [4.69, 9.17) is 11.6 Å². The van der Waals surface area contributed by atoms with E-state index in [0.717, 1.165) is 32.6 Å². The summed E-state index contributed by atoms with van der Waals surface area (Å²) in [4.78, 5) is 14.1. The monoisotopic (exact) mass is 385 g/mol. The van der Waals surface area contributed by atoms with Gasteiger partial charge in [0.25, 0.3) is 5.91 Å². The summed E-state index contributed by atoms with van der Waals surface area (Å²) in [5.41, 5.74) is 0.743. The third kappa shape index (κ3) is 2.63. The molecular formula is C10H10Br2ClNOS. The van der Waals surface area contributed by atoms with E-state index in [1.807, 2.05) is 11.0 Å². The Morgan fingerprint density at radius 1 is 1.62 bits per heavy atom. The zero-order chi connectivity index (χ0) is 11.7. The first-order valence-electron chi connectivity index (χ1n) is 4.92. The molecule has 0 saturated carbocycles. The molecule has 2 nitrogen and oxygen atoms in total. The van der Waals surface area contributed by atoms with Gasteiger partial charge in [0.05, 0.1) is 13.1 Å². The molecule has 1 aliphatic heterocycles. The molecule has 1 aromatic heterocycles. The van der Waals surface area contributed by atoms with Crippen LogP contribution in [0, 0.1) is 5.92 Å². The zero-order valence-corrected chi connectivity index (χ0v) is 13.1. The molecule has 2 rings (SSSR count). The Balaban J connectivity index is 2.11. The first-order valence-corrected chi connectivity index (χ1v) is 7.85. The predicted molar refractivity (Wildman–Crippen MR) is 74.4 cm³/mol. The van der Waals surface area contributed by atoms with Gasteiger partial charge in [-0.2, -0.15) is 0 Å². The fraction of sp³-hybridized carbons (Fsp3) is 0.500. The van der Waals surface area contributed by atoms with Gasteiger partial charge in [0.1, 0.15) is 0 Å². The Hall–Kier alpha value is 0.420. The second-order valence-electron chi connectivity index (χ2n) is 3.80. The zero-order valence-electron chi connectivity index (χ0n) is 8.38. The van der Waals surface area contributed by atoms with E-state index in [1.165, 1.54) is 11.3 Å². The van der Waals surface area contributed by atoms with Crippen molar-refractivity contribution >= 4 is 60.7 Å². The molecule has 0 radical (unpaired) electrons. The second kappa shape index (κ2) is 5.38. The highest BCUT2D eigenvalue weighted by Gasteiger charge is 2.28. The quantitative estimate of drug-likeness (QED) is 0.703. The molecule has 1 aromatic rings. The number of halogens is 3. The molecule has 0 aromatic carbocycles. The van der Waals surface area contributed by atoms with Crippen LogP contribution in [0.25, 0.3) is 0 Å². The molecule has 0 bridgehead atoms. The molecule has 1 unspecified atom stereocenters. The number of carbonyl (C=O) groups is 1. The Morgan fingerprint density at radius 3 is 2.88 bits per heavy atom. The van der Waals surface area contributed by atoms with Crippen LogP contribution in [-0.2, 0) is 0 Å². The van der Waals surface area contributed by atoms with Gasteiger partial charge in [-0.05, 0) is 50.3 Å². The van der Waals surface area contributed by atoms with Crippen LogP contribution in [0.1, 0.15) is 16.8 Å². The lowest BCUT2D eigenvalue weighted by Gasteiger charge is -2.15. The molecule has 88 valence electrons. The molecule has 6 heteroatoms. The minimum absolute atomic E-state index is 0.0986. The van der Waals surface area contributed by atoms with Gasteiger partial charge in [0.2, 0.25) is 0 Å². The van der Waals surface area contributed by atoms with E-state index in [2.05, 4.69) is 31.9 Å². The van der Waals surface area contributed by atoms with Gasteiger partial charge in [0.15, 0.2) is 0 Å². The SMILES string of the molecule is O=C(c1cc(Br)sc1Br)N1CCC(CCl)C1. The fourth-order valence-corrected chi connectivity index (χ4v) is 4.83. The van der Waals surface area contributed by atoms with Crippen molar-refractivity contribution in [2.24, 2.45) is 5.92 Å². The Kier molecular flexibility index (Phi) is 4.32. The highest BCUT2D eigenvalue weighted by atomic mass is 79.9. The van der Waals surface area contributed by atoms with Crippen molar-refractivity contribution in [3.63, 3.8) is 0 Å². The average Bonchev–Trinajstić information content (AvgIpc) is 2.84. The Bertz CT molecular complexity index is 410. The lowest BCUT2D eigenvalue weighted by Crippen LogP contribution is -2.28. The van der Waals surface area contributed by atoms with Gasteiger partial charge in [0, 0.05) is 19.0 Å². The van der Waals surface area contributed by atoms with Gasteiger partial charge in [-0.1, -0.05) is 0 Å². The van der Waals surface area contributed by atoms with E-state index in [1.54, 1.807) is 0 Å². The summed E-state index contributed by atoms with van der Waals surface area (Å²) in [7, 11) is 0. The normalized spacial score (nSPS) is 20.4. The van der Waals surface area contributed by atoms with Crippen molar-refractivity contribution in [1.29, 1.82) is 0 Å². The molecule has 1 fully saturated rings. The van der Waals surface area contributed by atoms with Crippen molar-refractivity contribution in [3.05, 3.63) is 19.2 Å². The summed E-state index contributed by atoms with van der Waals surface area (Å²) in [6, 6.07) is 1.87. The van der Waals surface area contributed by atoms with Crippen LogP contribution in [0.5, 0.6) is 0 Å². The maximum absolute atomic E-state index is 12.2. The Morgan fingerprint density at radius 2 is 2.38 bits per heavy atom. The van der Waals surface area contributed by atoms with Crippen LogP contribution in [0.3, 0.4) is 0 Å². The molecule has 0 spiro atoms. The van der Waals surface area contributed by atoms with Crippen LogP contribution in [0.4, 0.5) is 0 Å². The minimum Gasteiger partial charge on any atom is -0.338 e. The van der Waals surface area contributed by atoms with Crippen LogP contribution < -0.4 is 0 Å². The van der Waals surface area contributed by atoms with Crippen LogP contribution in [0.15, 0.2) is 13.6 Å². The van der Waals surface area contributed by atoms with Crippen molar-refractivity contribution in [1.82, 2.24) is 4.90 Å². The van der Waals surface area contributed by atoms with E-state index in [9.17, 15) is 4.79 Å². The highest BCUT2D eigenvalue weighted by molar-refractivity contribution is 9.12. The summed E-state index contributed by atoms with van der Waals surface area (Å²) in [5.74, 6) is 1.19. The Labute approximate surface area is 120 Å². The maximum atomic E-state index is 12.2. The average molecular weight is 388 g/mol. The van der Waals surface area contributed by atoms with E-state index >= 15 is 0 Å². The summed E-state index contributed by atoms with van der Waals surface area (Å²) in [6.45, 7) is 1.60. The first kappa shape index (κ1) is 12.9. The topological polar surface area (TPSA) is 20.3 Å². The number of rotatable bonds is 2. The number of thiophene rings is 1. The number of carbonyl (C=O) groups excluding carboxylic acids is 1. The summed E-state index contributed by atoms with van der Waals surface area (Å²) in [5, 5.41) is 0. The lowest BCUT2D eigenvalue weighted by molar-refractivity contribution is 0.0788. The molecule has 1 saturated heterocycles. The fourth-order valence-electron chi connectivity index (χ4n) is 1.80. The smallest absolute Gasteiger partial charge is 0.255 e. The molecule has 1 atom stereocenters. The van der Waals surface area contributed by atoms with Crippen molar-refractivity contribution < 1.29 is 4.79 Å². The predicted octanol–water partition coefficient (Wildman–Crippen LogP) is 3.97. The van der Waals surface area contributed by atoms with E-state index < -0.39 is 0 Å². The number of hydrogen-bond donors (Lipinski definition) is 0. The largest absolute Gasteiger partial charge is 0.338 e. The van der Waals surface area contributed by atoms with Gasteiger partial charge in [-0.25, -0.2) is 0 Å². The number of alkyl halides is 1. The molecular weight excluding hydrogens is 377 g/mol. The molecule has 2 heterocycles. The molecule has 1 aliphatic rings. The number of amides is 1. The van der Waals surface area contributed by atoms with Crippen molar-refractivity contribution in [3.8, 4) is 0 Å². The van der Waals surface area contributed by atoms with Crippen LogP contribution >= 0.6 is 54.8 Å². The standard InChI is InChI=1S/C10H10Br2ClNOS/c11-8-3-7(9(12)16-8)10(15)14-2-1-6(4-13)5-14/h3,6H,1-2,4-5H2. The van der Waals surface area contributed by atoms with Gasteiger partial charge in [-0.15, -0.1) is 22.9 Å². The summed E-state index contributed by atoms with van der Waals surface area (Å²) in [6.07, 6.45) is 1.01. The maximum Gasteiger partial charge on any atom is 0.255 e. The lowest BCUT2D eigenvalue weighted by atomic mass is 10.2. The first-order chi connectivity index (χ1) is 7.61. The molecule has 16 heavy (non-hydrogen) atoms. The summed E-state index contributed by atoms with van der Waals surface area (Å²) >= 11 is 14.1. The van der Waals surface area contributed by atoms with Crippen molar-refractivity contribution in [2.75, 3.05) is 19.0 Å². The van der Waals surface area contributed by atoms with Gasteiger partial charge < -0.3 is 4.90 Å². The minimum atomic E-state index is 0.0986.